The number of rotatable bonds is 13. The van der Waals surface area contributed by atoms with Crippen LogP contribution in [-0.2, 0) is 32.2 Å². The van der Waals surface area contributed by atoms with Crippen molar-refractivity contribution in [2.75, 3.05) is 15.5 Å². The number of amides is 4. The standard InChI is InChI=1S/C40H55N5O6S2/c1-37(2,3)50-35(48)43-31(39(7,8)52)33(46)41-28-20-16-26(17-21-28)24-45(30-14-12-11-13-15-30)25-27-18-22-29(23-19-27)42-34(47)32(40(9,10)53)44-36(49)51-38(4,5)6/h11-23,31-32,52-53H,24-25H2,1-10H3,(H,41,46)(H,42,47)(H,43,48)(H,44,49)/t31-,32-/m1/s1. The molecule has 11 nitrogen and oxygen atoms in total. The van der Waals surface area contributed by atoms with Crippen molar-refractivity contribution in [2.45, 2.75) is 115 Å². The lowest BCUT2D eigenvalue weighted by Gasteiger charge is -2.30. The molecule has 3 rings (SSSR count). The number of alkyl carbamates (subject to hydrolysis) is 2. The molecule has 4 N–H and O–H groups in total. The van der Waals surface area contributed by atoms with Gasteiger partial charge in [-0.3, -0.25) is 9.59 Å². The van der Waals surface area contributed by atoms with Crippen molar-refractivity contribution in [2.24, 2.45) is 0 Å². The number of carbonyl (C=O) groups is 4. The predicted molar refractivity (Wildman–Crippen MR) is 219 cm³/mol. The van der Waals surface area contributed by atoms with Crippen molar-refractivity contribution in [3.05, 3.63) is 90.0 Å². The van der Waals surface area contributed by atoms with Crippen molar-refractivity contribution in [1.29, 1.82) is 0 Å². The first kappa shape index (κ1) is 43.0. The second-order valence-electron chi connectivity index (χ2n) is 16.0. The summed E-state index contributed by atoms with van der Waals surface area (Å²) in [6.45, 7) is 18.6. The smallest absolute Gasteiger partial charge is 0.408 e. The molecule has 3 aromatic rings. The highest BCUT2D eigenvalue weighted by Crippen LogP contribution is 2.25. The fraction of sp³-hybridized carbons (Fsp3) is 0.450. The number of anilines is 3. The number of nitrogens with zero attached hydrogens (tertiary/aromatic N) is 1. The van der Waals surface area contributed by atoms with Crippen LogP contribution in [0, 0.1) is 0 Å². The number of hydrogen-bond donors (Lipinski definition) is 6. The molecule has 288 valence electrons. The lowest BCUT2D eigenvalue weighted by molar-refractivity contribution is -0.119. The maximum Gasteiger partial charge on any atom is 0.408 e. The quantitative estimate of drug-likeness (QED) is 0.0972. The van der Waals surface area contributed by atoms with E-state index in [0.717, 1.165) is 16.8 Å². The molecule has 0 saturated carbocycles. The van der Waals surface area contributed by atoms with Crippen LogP contribution in [0.2, 0.25) is 0 Å². The zero-order chi connectivity index (χ0) is 39.8. The topological polar surface area (TPSA) is 138 Å². The highest BCUT2D eigenvalue weighted by molar-refractivity contribution is 7.82. The number of nitrogens with one attached hydrogen (secondary N) is 4. The molecule has 0 aliphatic heterocycles. The molecular formula is C40H55N5O6S2. The Morgan fingerprint density at radius 2 is 0.906 bits per heavy atom. The Kier molecular flexibility index (Phi) is 14.3. The molecule has 0 aliphatic carbocycles. The Balaban J connectivity index is 1.71. The fourth-order valence-corrected chi connectivity index (χ4v) is 5.47. The summed E-state index contributed by atoms with van der Waals surface area (Å²) in [7, 11) is 0. The van der Waals surface area contributed by atoms with Gasteiger partial charge in [0.25, 0.3) is 0 Å². The average molecular weight is 766 g/mol. The first-order valence-electron chi connectivity index (χ1n) is 17.4. The van der Waals surface area contributed by atoms with E-state index in [0.29, 0.717) is 24.5 Å². The van der Waals surface area contributed by atoms with E-state index in [9.17, 15) is 19.2 Å². The highest BCUT2D eigenvalue weighted by Gasteiger charge is 2.36. The molecule has 4 amide bonds. The van der Waals surface area contributed by atoms with Gasteiger partial charge in [-0.05, 0) is 117 Å². The lowest BCUT2D eigenvalue weighted by atomic mass is 10.0. The Labute approximate surface area is 325 Å². The van der Waals surface area contributed by atoms with Gasteiger partial charge in [0.2, 0.25) is 11.8 Å². The van der Waals surface area contributed by atoms with E-state index in [1.54, 1.807) is 69.2 Å². The third-order valence-corrected chi connectivity index (χ3v) is 8.09. The van der Waals surface area contributed by atoms with Gasteiger partial charge >= 0.3 is 12.2 Å². The van der Waals surface area contributed by atoms with Crippen LogP contribution in [0.5, 0.6) is 0 Å². The molecule has 0 fully saturated rings. The number of carbonyl (C=O) groups excluding carboxylic acids is 4. The van der Waals surface area contributed by atoms with Crippen LogP contribution in [0.25, 0.3) is 0 Å². The van der Waals surface area contributed by atoms with Gasteiger partial charge in [-0.1, -0.05) is 42.5 Å². The minimum Gasteiger partial charge on any atom is -0.444 e. The van der Waals surface area contributed by atoms with E-state index in [1.807, 2.05) is 78.9 Å². The molecule has 53 heavy (non-hydrogen) atoms. The number of ether oxygens (including phenoxy) is 2. The fourth-order valence-electron chi connectivity index (χ4n) is 5.11. The van der Waals surface area contributed by atoms with E-state index in [1.165, 1.54) is 0 Å². The molecule has 3 aromatic carbocycles. The Bertz CT molecular complexity index is 1580. The summed E-state index contributed by atoms with van der Waals surface area (Å²) >= 11 is 9.11. The van der Waals surface area contributed by atoms with Crippen LogP contribution < -0.4 is 26.2 Å². The summed E-state index contributed by atoms with van der Waals surface area (Å²) in [6.07, 6.45) is -1.40. The molecule has 0 aromatic heterocycles. The minimum absolute atomic E-state index is 0.418. The lowest BCUT2D eigenvalue weighted by Crippen LogP contribution is -2.54. The molecule has 0 radical (unpaired) electrons. The zero-order valence-corrected chi connectivity index (χ0v) is 34.2. The van der Waals surface area contributed by atoms with Crippen LogP contribution in [-0.4, -0.2) is 56.8 Å². The Hall–Kier alpha value is -4.36. The van der Waals surface area contributed by atoms with Crippen LogP contribution in [0.1, 0.15) is 80.4 Å². The van der Waals surface area contributed by atoms with E-state index < -0.39 is 56.8 Å². The highest BCUT2D eigenvalue weighted by atomic mass is 32.1. The van der Waals surface area contributed by atoms with E-state index >= 15 is 0 Å². The van der Waals surface area contributed by atoms with Crippen molar-refractivity contribution in [1.82, 2.24) is 10.6 Å². The first-order valence-corrected chi connectivity index (χ1v) is 18.3. The molecule has 2 atom stereocenters. The van der Waals surface area contributed by atoms with E-state index in [4.69, 9.17) is 9.47 Å². The minimum atomic E-state index is -0.959. The maximum absolute atomic E-state index is 13.3. The Morgan fingerprint density at radius 3 is 1.21 bits per heavy atom. The van der Waals surface area contributed by atoms with Gasteiger partial charge in [0.15, 0.2) is 0 Å². The van der Waals surface area contributed by atoms with Crippen molar-refractivity contribution in [3.8, 4) is 0 Å². The van der Waals surface area contributed by atoms with Crippen LogP contribution >= 0.6 is 25.3 Å². The van der Waals surface area contributed by atoms with Gasteiger partial charge in [-0.2, -0.15) is 25.3 Å². The second kappa shape index (κ2) is 17.6. The number of para-hydroxylation sites is 1. The predicted octanol–water partition coefficient (Wildman–Crippen LogP) is 7.97. The molecule has 0 aliphatic rings. The summed E-state index contributed by atoms with van der Waals surface area (Å²) in [5.74, 6) is -0.836. The normalized spacial score (nSPS) is 13.2. The third-order valence-electron chi connectivity index (χ3n) is 7.57. The van der Waals surface area contributed by atoms with Crippen LogP contribution in [0.3, 0.4) is 0 Å². The van der Waals surface area contributed by atoms with Gasteiger partial charge in [0, 0.05) is 39.6 Å². The van der Waals surface area contributed by atoms with Crippen molar-refractivity contribution in [3.63, 3.8) is 0 Å². The van der Waals surface area contributed by atoms with Crippen molar-refractivity contribution < 1.29 is 28.7 Å². The zero-order valence-electron chi connectivity index (χ0n) is 32.4. The second-order valence-corrected chi connectivity index (χ2v) is 18.3. The molecule has 0 heterocycles. The summed E-state index contributed by atoms with van der Waals surface area (Å²) in [5.41, 5.74) is 2.74. The number of benzene rings is 3. The van der Waals surface area contributed by atoms with Gasteiger partial charge in [0.05, 0.1) is 0 Å². The van der Waals surface area contributed by atoms with Gasteiger partial charge < -0.3 is 35.6 Å². The molecule has 13 heteroatoms. The summed E-state index contributed by atoms with van der Waals surface area (Å²) in [4.78, 5) is 53.7. The van der Waals surface area contributed by atoms with Crippen molar-refractivity contribution >= 4 is 66.3 Å². The number of hydrogen-bond acceptors (Lipinski definition) is 9. The molecular weight excluding hydrogens is 711 g/mol. The van der Waals surface area contributed by atoms with Crippen LogP contribution in [0.4, 0.5) is 26.7 Å². The van der Waals surface area contributed by atoms with E-state index in [2.05, 4.69) is 51.4 Å². The van der Waals surface area contributed by atoms with Crippen LogP contribution in [0.15, 0.2) is 78.9 Å². The molecule has 0 bridgehead atoms. The first-order chi connectivity index (χ1) is 24.4. The third kappa shape index (κ3) is 14.9. The summed E-state index contributed by atoms with van der Waals surface area (Å²) in [5, 5.41) is 11.1. The molecule has 0 spiro atoms. The van der Waals surface area contributed by atoms with E-state index in [-0.39, 0.29) is 0 Å². The largest absolute Gasteiger partial charge is 0.444 e. The SMILES string of the molecule is CC(C)(C)OC(=O)N[C@H](C(=O)Nc1ccc(CN(Cc2ccc(NC(=O)[C@@H](NC(=O)OC(C)(C)C)C(C)(C)S)cc2)c2ccccc2)cc1)C(C)(C)S. The maximum atomic E-state index is 13.3. The van der Waals surface area contributed by atoms with Gasteiger partial charge in [0.1, 0.15) is 23.3 Å². The summed E-state index contributed by atoms with van der Waals surface area (Å²) < 4.78 is 8.97. The molecule has 0 saturated heterocycles. The monoisotopic (exact) mass is 765 g/mol. The van der Waals surface area contributed by atoms with Gasteiger partial charge in [-0.25, -0.2) is 9.59 Å². The molecule has 0 unspecified atom stereocenters. The number of thiol groups is 2. The van der Waals surface area contributed by atoms with Gasteiger partial charge in [-0.15, -0.1) is 0 Å². The average Bonchev–Trinajstić information content (AvgIpc) is 3.01. The Morgan fingerprint density at radius 1 is 0.566 bits per heavy atom. The summed E-state index contributed by atoms with van der Waals surface area (Å²) in [6, 6.07) is 23.1.